The number of carbonyl (C=O) groups is 1. The number of aromatic nitrogens is 3. The maximum absolute atomic E-state index is 12.7. The first kappa shape index (κ1) is 25.8. The van der Waals surface area contributed by atoms with Gasteiger partial charge in [0.1, 0.15) is 23.9 Å². The third kappa shape index (κ3) is 6.94. The van der Waals surface area contributed by atoms with Gasteiger partial charge in [-0.05, 0) is 57.4 Å². The number of nitrogens with zero attached hydrogens (tertiary/aromatic N) is 4. The zero-order valence-corrected chi connectivity index (χ0v) is 21.6. The lowest BCUT2D eigenvalue weighted by molar-refractivity contribution is -0.165. The van der Waals surface area contributed by atoms with Crippen LogP contribution < -0.4 is 15.0 Å². The standard InChI is InChI=1S/C27H37N5O5/c1-32(18-24(33)29-19-9-13-34-14-10-19)27-21-5-4-6-22(21)30-26(31-27)23-17-20(8-11-28-23)35-15-16-37-25-7-2-3-12-36-25/h8,11,17,19,25H,2-7,9-10,12-16,18H2,1H3,(H,29,33). The van der Waals surface area contributed by atoms with E-state index in [-0.39, 0.29) is 24.8 Å². The lowest BCUT2D eigenvalue weighted by Crippen LogP contribution is -2.43. The summed E-state index contributed by atoms with van der Waals surface area (Å²) < 4.78 is 22.7. The quantitative estimate of drug-likeness (QED) is 0.482. The number of pyridine rings is 1. The third-order valence-corrected chi connectivity index (χ3v) is 6.99. The number of fused-ring (bicyclic) bond motifs is 1. The lowest BCUT2D eigenvalue weighted by Gasteiger charge is -2.25. The van der Waals surface area contributed by atoms with Gasteiger partial charge in [-0.1, -0.05) is 0 Å². The van der Waals surface area contributed by atoms with Crippen molar-refractivity contribution in [2.75, 3.05) is 51.5 Å². The van der Waals surface area contributed by atoms with Crippen molar-refractivity contribution in [3.63, 3.8) is 0 Å². The zero-order valence-electron chi connectivity index (χ0n) is 21.6. The summed E-state index contributed by atoms with van der Waals surface area (Å²) in [5, 5.41) is 3.14. The Morgan fingerprint density at radius 3 is 2.84 bits per heavy atom. The van der Waals surface area contributed by atoms with Crippen LogP contribution in [0, 0.1) is 0 Å². The van der Waals surface area contributed by atoms with Crippen molar-refractivity contribution < 1.29 is 23.7 Å². The molecular weight excluding hydrogens is 474 g/mol. The average Bonchev–Trinajstić information content (AvgIpc) is 3.41. The summed E-state index contributed by atoms with van der Waals surface area (Å²) in [7, 11) is 1.91. The first-order valence-electron chi connectivity index (χ1n) is 13.5. The summed E-state index contributed by atoms with van der Waals surface area (Å²) >= 11 is 0. The van der Waals surface area contributed by atoms with E-state index in [4.69, 9.17) is 28.9 Å². The van der Waals surface area contributed by atoms with Crippen molar-refractivity contribution in [2.45, 2.75) is 63.7 Å². The molecule has 2 aromatic heterocycles. The van der Waals surface area contributed by atoms with E-state index < -0.39 is 0 Å². The van der Waals surface area contributed by atoms with Crippen LogP contribution in [0.5, 0.6) is 5.75 Å². The minimum atomic E-state index is -0.126. The molecule has 10 heteroatoms. The molecule has 0 bridgehead atoms. The van der Waals surface area contributed by atoms with Gasteiger partial charge in [-0.3, -0.25) is 9.78 Å². The fourth-order valence-corrected chi connectivity index (χ4v) is 5.05. The SMILES string of the molecule is CN(CC(=O)NC1CCOCC1)c1nc(-c2cc(OCCOC3CCCCO3)ccn2)nc2c1CCC2. The van der Waals surface area contributed by atoms with Crippen molar-refractivity contribution in [2.24, 2.45) is 0 Å². The molecule has 37 heavy (non-hydrogen) atoms. The fourth-order valence-electron chi connectivity index (χ4n) is 5.05. The van der Waals surface area contributed by atoms with E-state index in [2.05, 4.69) is 10.3 Å². The minimum absolute atomic E-state index is 0.00400. The van der Waals surface area contributed by atoms with Crippen LogP contribution in [0.2, 0.25) is 0 Å². The van der Waals surface area contributed by atoms with Crippen molar-refractivity contribution in [1.82, 2.24) is 20.3 Å². The van der Waals surface area contributed by atoms with Crippen molar-refractivity contribution >= 4 is 11.7 Å². The molecule has 0 radical (unpaired) electrons. The van der Waals surface area contributed by atoms with Gasteiger partial charge in [-0.15, -0.1) is 0 Å². The molecule has 1 N–H and O–H groups in total. The Morgan fingerprint density at radius 2 is 2.00 bits per heavy atom. The number of hydrogen-bond donors (Lipinski definition) is 1. The van der Waals surface area contributed by atoms with E-state index in [0.717, 1.165) is 75.0 Å². The molecule has 200 valence electrons. The molecule has 1 unspecified atom stereocenters. The number of ether oxygens (including phenoxy) is 4. The summed E-state index contributed by atoms with van der Waals surface area (Å²) in [5.74, 6) is 2.03. The summed E-state index contributed by atoms with van der Waals surface area (Å²) in [4.78, 5) is 28.9. The zero-order chi connectivity index (χ0) is 25.5. The predicted molar refractivity (Wildman–Crippen MR) is 138 cm³/mol. The molecule has 1 amide bonds. The van der Waals surface area contributed by atoms with Crippen LogP contribution in [0.1, 0.15) is 49.8 Å². The summed E-state index contributed by atoms with van der Waals surface area (Å²) in [5.41, 5.74) is 2.80. The number of rotatable bonds is 10. The van der Waals surface area contributed by atoms with Gasteiger partial charge < -0.3 is 29.2 Å². The molecule has 0 saturated carbocycles. The molecule has 2 aliphatic heterocycles. The number of anilines is 1. The van der Waals surface area contributed by atoms with Gasteiger partial charge in [0.25, 0.3) is 0 Å². The first-order chi connectivity index (χ1) is 18.2. The summed E-state index contributed by atoms with van der Waals surface area (Å²) in [6, 6.07) is 3.85. The number of hydrogen-bond acceptors (Lipinski definition) is 9. The van der Waals surface area contributed by atoms with Gasteiger partial charge in [0.05, 0.1) is 13.2 Å². The first-order valence-corrected chi connectivity index (χ1v) is 13.5. The molecule has 5 rings (SSSR count). The highest BCUT2D eigenvalue weighted by Gasteiger charge is 2.24. The number of aryl methyl sites for hydroxylation is 1. The monoisotopic (exact) mass is 511 g/mol. The largest absolute Gasteiger partial charge is 0.491 e. The van der Waals surface area contributed by atoms with Crippen molar-refractivity contribution in [1.29, 1.82) is 0 Å². The second-order valence-electron chi connectivity index (χ2n) is 9.85. The highest BCUT2D eigenvalue weighted by Crippen LogP contribution is 2.31. The van der Waals surface area contributed by atoms with Gasteiger partial charge in [0, 0.05) is 56.4 Å². The number of carbonyl (C=O) groups excluding carboxylic acids is 1. The van der Waals surface area contributed by atoms with Gasteiger partial charge in [0.15, 0.2) is 12.1 Å². The van der Waals surface area contributed by atoms with Crippen LogP contribution in [-0.2, 0) is 31.8 Å². The molecule has 1 atom stereocenters. The van der Waals surface area contributed by atoms with Crippen LogP contribution in [0.4, 0.5) is 5.82 Å². The Labute approximate surface area is 218 Å². The van der Waals surface area contributed by atoms with E-state index >= 15 is 0 Å². The minimum Gasteiger partial charge on any atom is -0.491 e. The molecule has 4 heterocycles. The molecule has 0 aromatic carbocycles. The normalized spacial score (nSPS) is 19.9. The molecule has 1 aliphatic carbocycles. The van der Waals surface area contributed by atoms with Crippen LogP contribution >= 0.6 is 0 Å². The predicted octanol–water partition coefficient (Wildman–Crippen LogP) is 2.68. The van der Waals surface area contributed by atoms with E-state index in [1.807, 2.05) is 24.1 Å². The lowest BCUT2D eigenvalue weighted by atomic mass is 10.1. The summed E-state index contributed by atoms with van der Waals surface area (Å²) in [6.07, 6.45) is 9.30. The van der Waals surface area contributed by atoms with Crippen LogP contribution in [0.3, 0.4) is 0 Å². The highest BCUT2D eigenvalue weighted by atomic mass is 16.7. The van der Waals surface area contributed by atoms with Crippen LogP contribution in [-0.4, -0.2) is 79.8 Å². The number of likely N-dealkylation sites (N-methyl/N-ethyl adjacent to an activating group) is 1. The molecule has 10 nitrogen and oxygen atoms in total. The van der Waals surface area contributed by atoms with Gasteiger partial charge in [-0.25, -0.2) is 9.97 Å². The highest BCUT2D eigenvalue weighted by molar-refractivity contribution is 5.81. The topological polar surface area (TPSA) is 108 Å². The number of amides is 1. The van der Waals surface area contributed by atoms with E-state index in [1.54, 1.807) is 6.20 Å². The smallest absolute Gasteiger partial charge is 0.239 e. The van der Waals surface area contributed by atoms with Gasteiger partial charge >= 0.3 is 0 Å². The molecular formula is C27H37N5O5. The van der Waals surface area contributed by atoms with Crippen molar-refractivity contribution in [3.05, 3.63) is 29.6 Å². The molecule has 0 spiro atoms. The Bertz CT molecular complexity index is 1060. The third-order valence-electron chi connectivity index (χ3n) is 6.99. The maximum atomic E-state index is 12.7. The Morgan fingerprint density at radius 1 is 1.11 bits per heavy atom. The van der Waals surface area contributed by atoms with Crippen molar-refractivity contribution in [3.8, 4) is 17.3 Å². The number of nitrogens with one attached hydrogen (secondary N) is 1. The second-order valence-corrected chi connectivity index (χ2v) is 9.85. The second kappa shape index (κ2) is 12.6. The molecule has 2 fully saturated rings. The van der Waals surface area contributed by atoms with Crippen LogP contribution in [0.25, 0.3) is 11.5 Å². The Kier molecular flexibility index (Phi) is 8.80. The van der Waals surface area contributed by atoms with E-state index in [0.29, 0.717) is 43.7 Å². The van der Waals surface area contributed by atoms with Gasteiger partial charge in [-0.2, -0.15) is 0 Å². The molecule has 3 aliphatic rings. The summed E-state index contributed by atoms with van der Waals surface area (Å²) in [6.45, 7) is 3.27. The van der Waals surface area contributed by atoms with Crippen LogP contribution in [0.15, 0.2) is 18.3 Å². The molecule has 2 aromatic rings. The van der Waals surface area contributed by atoms with E-state index in [1.165, 1.54) is 0 Å². The fraction of sp³-hybridized carbons (Fsp3) is 0.630. The van der Waals surface area contributed by atoms with E-state index in [9.17, 15) is 4.79 Å². The molecule has 2 saturated heterocycles. The Hall–Kier alpha value is -2.82. The Balaban J connectivity index is 1.23. The van der Waals surface area contributed by atoms with Gasteiger partial charge in [0.2, 0.25) is 5.91 Å². The average molecular weight is 512 g/mol. The maximum Gasteiger partial charge on any atom is 0.239 e.